The summed E-state index contributed by atoms with van der Waals surface area (Å²) in [5.41, 5.74) is 3.42. The fraction of sp³-hybridized carbons (Fsp3) is 0.667. The molecule has 1 atom stereocenters. The molecule has 2 saturated carbocycles. The number of aryl methyl sites for hydroxylation is 2. The van der Waals surface area contributed by atoms with Crippen LogP contribution in [0.1, 0.15) is 69.4 Å². The molecule has 24 heavy (non-hydrogen) atoms. The predicted molar refractivity (Wildman–Crippen MR) is 98.3 cm³/mol. The number of anilines is 1. The highest BCUT2D eigenvalue weighted by Crippen LogP contribution is 2.54. The summed E-state index contributed by atoms with van der Waals surface area (Å²) < 4.78 is 5.81. The van der Waals surface area contributed by atoms with Gasteiger partial charge in [-0.15, -0.1) is 0 Å². The van der Waals surface area contributed by atoms with E-state index in [2.05, 4.69) is 18.3 Å². The Morgan fingerprint density at radius 2 is 1.75 bits per heavy atom. The molecule has 0 radical (unpaired) electrons. The lowest BCUT2D eigenvalue weighted by Gasteiger charge is -2.52. The van der Waals surface area contributed by atoms with Crippen LogP contribution < -0.4 is 5.32 Å². The van der Waals surface area contributed by atoms with E-state index in [9.17, 15) is 4.79 Å². The van der Waals surface area contributed by atoms with Gasteiger partial charge >= 0.3 is 6.09 Å². The van der Waals surface area contributed by atoms with Crippen molar-refractivity contribution < 1.29 is 9.53 Å². The zero-order chi connectivity index (χ0) is 17.2. The molecular weight excluding hydrogens is 298 g/mol. The Morgan fingerprint density at radius 1 is 1.12 bits per heavy atom. The predicted octanol–water partition coefficient (Wildman–Crippen LogP) is 5.99. The third kappa shape index (κ3) is 3.76. The summed E-state index contributed by atoms with van der Waals surface area (Å²) in [5, 5.41) is 2.91. The van der Waals surface area contributed by atoms with E-state index in [0.29, 0.717) is 0 Å². The average Bonchev–Trinajstić information content (AvgIpc) is 2.52. The second kappa shape index (κ2) is 7.16. The van der Waals surface area contributed by atoms with Crippen LogP contribution in [0.5, 0.6) is 0 Å². The molecule has 3 nitrogen and oxygen atoms in total. The van der Waals surface area contributed by atoms with Gasteiger partial charge in [-0.2, -0.15) is 0 Å². The van der Waals surface area contributed by atoms with Crippen LogP contribution in [-0.2, 0) is 4.74 Å². The van der Waals surface area contributed by atoms with Gasteiger partial charge in [0.2, 0.25) is 0 Å². The monoisotopic (exact) mass is 329 g/mol. The van der Waals surface area contributed by atoms with Crippen molar-refractivity contribution in [2.75, 3.05) is 5.32 Å². The molecule has 1 unspecified atom stereocenters. The molecule has 3 heteroatoms. The van der Waals surface area contributed by atoms with Gasteiger partial charge in [0.25, 0.3) is 0 Å². The number of amides is 1. The Labute approximate surface area is 146 Å². The smallest absolute Gasteiger partial charge is 0.411 e. The third-order valence-electron chi connectivity index (χ3n) is 6.10. The summed E-state index contributed by atoms with van der Waals surface area (Å²) >= 11 is 0. The van der Waals surface area contributed by atoms with Gasteiger partial charge in [-0.3, -0.25) is 5.32 Å². The first kappa shape index (κ1) is 17.3. The Hall–Kier alpha value is -1.51. The van der Waals surface area contributed by atoms with E-state index in [1.165, 1.54) is 44.9 Å². The first-order valence-corrected chi connectivity index (χ1v) is 9.57. The number of ether oxygens (including phenoxy) is 1. The minimum absolute atomic E-state index is 0.117. The molecule has 0 aromatic heterocycles. The van der Waals surface area contributed by atoms with Crippen LogP contribution >= 0.6 is 0 Å². The normalized spacial score (nSPS) is 29.1. The van der Waals surface area contributed by atoms with E-state index in [1.54, 1.807) is 0 Å². The van der Waals surface area contributed by atoms with Gasteiger partial charge < -0.3 is 4.74 Å². The van der Waals surface area contributed by atoms with E-state index in [0.717, 1.165) is 29.2 Å². The summed E-state index contributed by atoms with van der Waals surface area (Å²) in [6.07, 6.45) is 9.82. The van der Waals surface area contributed by atoms with Crippen molar-refractivity contribution in [2.45, 2.75) is 78.2 Å². The maximum Gasteiger partial charge on any atom is 0.411 e. The molecule has 1 amide bonds. The van der Waals surface area contributed by atoms with Gasteiger partial charge in [-0.1, -0.05) is 25.8 Å². The molecule has 0 bridgehead atoms. The Morgan fingerprint density at radius 3 is 2.29 bits per heavy atom. The number of hydrogen-bond acceptors (Lipinski definition) is 2. The first-order valence-electron chi connectivity index (χ1n) is 9.57. The highest BCUT2D eigenvalue weighted by atomic mass is 16.6. The number of nitrogens with one attached hydrogen (secondary N) is 1. The zero-order valence-corrected chi connectivity index (χ0v) is 15.4. The van der Waals surface area contributed by atoms with Gasteiger partial charge in [0.1, 0.15) is 6.10 Å². The van der Waals surface area contributed by atoms with Crippen LogP contribution in [0.3, 0.4) is 0 Å². The maximum absolute atomic E-state index is 12.3. The number of hydrogen-bond donors (Lipinski definition) is 1. The second-order valence-electron chi connectivity index (χ2n) is 8.03. The van der Waals surface area contributed by atoms with E-state index >= 15 is 0 Å². The van der Waals surface area contributed by atoms with Crippen LogP contribution in [0.15, 0.2) is 18.2 Å². The minimum Gasteiger partial charge on any atom is -0.445 e. The van der Waals surface area contributed by atoms with Crippen molar-refractivity contribution in [2.24, 2.45) is 11.3 Å². The average molecular weight is 329 g/mol. The standard InChI is InChI=1S/C21H31NO2/c1-4-5-17-6-9-21(10-7-17)11-8-19(21)24-20(23)22-18-13-15(2)12-16(3)14-18/h12-14,17,19H,4-11H2,1-3H3,(H,22,23). The van der Waals surface area contributed by atoms with Crippen LogP contribution in [0.2, 0.25) is 0 Å². The van der Waals surface area contributed by atoms with Gasteiger partial charge in [-0.05, 0) is 81.5 Å². The van der Waals surface area contributed by atoms with E-state index in [4.69, 9.17) is 4.74 Å². The summed E-state index contributed by atoms with van der Waals surface area (Å²) in [5.74, 6) is 0.894. The molecule has 0 heterocycles. The number of rotatable bonds is 4. The topological polar surface area (TPSA) is 38.3 Å². The van der Waals surface area contributed by atoms with Crippen LogP contribution in [-0.4, -0.2) is 12.2 Å². The highest BCUT2D eigenvalue weighted by Gasteiger charge is 2.50. The molecule has 2 aliphatic rings. The lowest BCUT2D eigenvalue weighted by Crippen LogP contribution is -2.50. The SMILES string of the molecule is CCCC1CCC2(CC1)CCC2OC(=O)Nc1cc(C)cc(C)c1. The summed E-state index contributed by atoms with van der Waals surface area (Å²) in [4.78, 5) is 12.3. The van der Waals surface area contributed by atoms with Gasteiger partial charge in [0.15, 0.2) is 0 Å². The summed E-state index contributed by atoms with van der Waals surface area (Å²) in [6, 6.07) is 6.08. The largest absolute Gasteiger partial charge is 0.445 e. The van der Waals surface area contributed by atoms with Crippen LogP contribution in [0.25, 0.3) is 0 Å². The minimum atomic E-state index is -0.292. The van der Waals surface area contributed by atoms with Gasteiger partial charge in [-0.25, -0.2) is 4.79 Å². The molecule has 1 spiro atoms. The van der Waals surface area contributed by atoms with Crippen molar-refractivity contribution in [3.63, 3.8) is 0 Å². The van der Waals surface area contributed by atoms with E-state index < -0.39 is 0 Å². The highest BCUT2D eigenvalue weighted by molar-refractivity contribution is 5.85. The Kier molecular flexibility index (Phi) is 5.17. The lowest BCUT2D eigenvalue weighted by atomic mass is 9.57. The van der Waals surface area contributed by atoms with Crippen LogP contribution in [0.4, 0.5) is 10.5 Å². The van der Waals surface area contributed by atoms with Gasteiger partial charge in [0, 0.05) is 11.1 Å². The van der Waals surface area contributed by atoms with Crippen molar-refractivity contribution in [3.05, 3.63) is 29.3 Å². The Balaban J connectivity index is 1.53. The van der Waals surface area contributed by atoms with Crippen molar-refractivity contribution in [1.29, 1.82) is 0 Å². The molecule has 0 saturated heterocycles. The molecule has 2 fully saturated rings. The number of carbonyl (C=O) groups excluding carboxylic acids is 1. The van der Waals surface area contributed by atoms with E-state index in [1.807, 2.05) is 26.0 Å². The Bertz CT molecular complexity index is 567. The third-order valence-corrected chi connectivity index (χ3v) is 6.10. The molecule has 1 aromatic carbocycles. The number of carbonyl (C=O) groups is 1. The summed E-state index contributed by atoms with van der Waals surface area (Å²) in [7, 11) is 0. The summed E-state index contributed by atoms with van der Waals surface area (Å²) in [6.45, 7) is 6.36. The first-order chi connectivity index (χ1) is 11.5. The molecule has 1 N–H and O–H groups in total. The quantitative estimate of drug-likeness (QED) is 0.736. The zero-order valence-electron chi connectivity index (χ0n) is 15.4. The van der Waals surface area contributed by atoms with Crippen molar-refractivity contribution in [1.82, 2.24) is 0 Å². The molecule has 132 valence electrons. The molecule has 1 aromatic rings. The molecular formula is C21H31NO2. The fourth-order valence-corrected chi connectivity index (χ4v) is 4.70. The van der Waals surface area contributed by atoms with Gasteiger partial charge in [0.05, 0.1) is 0 Å². The van der Waals surface area contributed by atoms with E-state index in [-0.39, 0.29) is 17.6 Å². The molecule has 3 rings (SSSR count). The fourth-order valence-electron chi connectivity index (χ4n) is 4.70. The maximum atomic E-state index is 12.3. The van der Waals surface area contributed by atoms with Crippen molar-refractivity contribution in [3.8, 4) is 0 Å². The number of benzene rings is 1. The molecule has 2 aliphatic carbocycles. The molecule has 0 aliphatic heterocycles. The van der Waals surface area contributed by atoms with Crippen molar-refractivity contribution >= 4 is 11.8 Å². The van der Waals surface area contributed by atoms with Crippen LogP contribution in [0, 0.1) is 25.2 Å². The lowest BCUT2D eigenvalue weighted by molar-refractivity contribution is -0.0962. The second-order valence-corrected chi connectivity index (χ2v) is 8.03.